The monoisotopic (exact) mass is 477 g/mol. The van der Waals surface area contributed by atoms with Gasteiger partial charge in [-0.25, -0.2) is 0 Å². The number of hydrogen-bond donors (Lipinski definition) is 1. The highest BCUT2D eigenvalue weighted by molar-refractivity contribution is 6.81. The van der Waals surface area contributed by atoms with Gasteiger partial charge in [0.1, 0.15) is 0 Å². The van der Waals surface area contributed by atoms with Gasteiger partial charge in [0, 0.05) is 13.2 Å². The summed E-state index contributed by atoms with van der Waals surface area (Å²) in [4.78, 5) is 0. The highest BCUT2D eigenvalue weighted by Crippen LogP contribution is 2.40. The summed E-state index contributed by atoms with van der Waals surface area (Å²) in [6, 6.07) is 47.4. The second-order valence-corrected chi connectivity index (χ2v) is 9.28. The van der Waals surface area contributed by atoms with Gasteiger partial charge in [0.2, 0.25) is 0 Å². The number of hydrogen-bond acceptors (Lipinski definition) is 2. The van der Waals surface area contributed by atoms with Crippen LogP contribution in [0.3, 0.4) is 0 Å². The van der Waals surface area contributed by atoms with E-state index in [0.717, 1.165) is 10.9 Å². The Kier molecular flexibility index (Phi) is 6.56. The molecule has 6 rings (SSSR count). The maximum atomic E-state index is 6.51. The molecule has 0 saturated carbocycles. The van der Waals surface area contributed by atoms with Crippen LogP contribution in [0.25, 0.3) is 43.8 Å². The summed E-state index contributed by atoms with van der Waals surface area (Å²) in [6.07, 6.45) is 0. The molecule has 2 N–H and O–H groups in total. The van der Waals surface area contributed by atoms with E-state index in [4.69, 9.17) is 10.4 Å². The molecule has 0 radical (unpaired) electrons. The first-order valence-electron chi connectivity index (χ1n) is 12.8. The topological polar surface area (TPSA) is 35.2 Å². The van der Waals surface area contributed by atoms with Crippen LogP contribution < -0.4 is 16.7 Å². The molecule has 0 amide bonds. The van der Waals surface area contributed by atoms with Crippen molar-refractivity contribution in [3.63, 3.8) is 0 Å². The maximum absolute atomic E-state index is 6.51. The van der Waals surface area contributed by atoms with Crippen molar-refractivity contribution in [2.75, 3.05) is 13.2 Å². The van der Waals surface area contributed by atoms with Crippen LogP contribution in [0.2, 0.25) is 0 Å². The van der Waals surface area contributed by atoms with Crippen molar-refractivity contribution < 1.29 is 4.65 Å². The molecule has 0 spiro atoms. The largest absolute Gasteiger partial charge is 0.426 e. The summed E-state index contributed by atoms with van der Waals surface area (Å²) in [5, 5.41) is 4.87. The molecular weight excluding hydrogens is 449 g/mol. The Balaban J connectivity index is 1.74. The van der Waals surface area contributed by atoms with Crippen molar-refractivity contribution in [3.8, 4) is 22.3 Å². The van der Waals surface area contributed by atoms with Crippen molar-refractivity contribution in [2.24, 2.45) is 5.73 Å². The van der Waals surface area contributed by atoms with Gasteiger partial charge in [-0.2, -0.15) is 0 Å². The second kappa shape index (κ2) is 10.4. The zero-order valence-electron chi connectivity index (χ0n) is 20.7. The van der Waals surface area contributed by atoms with Gasteiger partial charge in [-0.1, -0.05) is 133 Å². The summed E-state index contributed by atoms with van der Waals surface area (Å²) in [5.41, 5.74) is 13.0. The van der Waals surface area contributed by atoms with E-state index in [1.165, 1.54) is 43.8 Å². The van der Waals surface area contributed by atoms with E-state index < -0.39 is 0 Å². The molecule has 0 aliphatic carbocycles. The van der Waals surface area contributed by atoms with Crippen LogP contribution in [0.5, 0.6) is 0 Å². The van der Waals surface area contributed by atoms with E-state index in [-0.39, 0.29) is 6.92 Å². The molecule has 0 heterocycles. The predicted octanol–water partition coefficient (Wildman–Crippen LogP) is 6.41. The molecule has 3 heteroatoms. The van der Waals surface area contributed by atoms with Gasteiger partial charge < -0.3 is 10.4 Å². The smallest absolute Gasteiger partial charge is 0.362 e. The molecule has 6 aromatic rings. The Morgan fingerprint density at radius 1 is 0.541 bits per heavy atom. The molecule has 6 aromatic carbocycles. The third-order valence-corrected chi connectivity index (χ3v) is 7.01. The van der Waals surface area contributed by atoms with Gasteiger partial charge in [-0.05, 0) is 54.7 Å². The highest BCUT2D eigenvalue weighted by Gasteiger charge is 2.27. The lowest BCUT2D eigenvalue weighted by molar-refractivity contribution is 0.345. The first-order chi connectivity index (χ1) is 18.3. The fraction of sp³-hybridized carbons (Fsp3) is 0.0588. The Bertz CT molecular complexity index is 1660. The molecular formula is C34H28BNO. The van der Waals surface area contributed by atoms with Crippen molar-refractivity contribution in [3.05, 3.63) is 133 Å². The Morgan fingerprint density at radius 2 is 1.11 bits per heavy atom. The van der Waals surface area contributed by atoms with Gasteiger partial charge in [0.25, 0.3) is 0 Å². The van der Waals surface area contributed by atoms with Crippen LogP contribution >= 0.6 is 0 Å². The molecule has 0 aromatic heterocycles. The molecule has 0 aliphatic heterocycles. The Hall–Kier alpha value is -4.18. The summed E-state index contributed by atoms with van der Waals surface area (Å²) < 4.78 is 6.51. The van der Waals surface area contributed by atoms with Crippen molar-refractivity contribution in [1.29, 1.82) is 0 Å². The normalized spacial score (nSPS) is 11.2. The maximum Gasteiger partial charge on any atom is 0.362 e. The molecule has 0 fully saturated rings. The van der Waals surface area contributed by atoms with E-state index in [9.17, 15) is 0 Å². The van der Waals surface area contributed by atoms with E-state index in [2.05, 4.69) is 127 Å². The number of benzene rings is 6. The van der Waals surface area contributed by atoms with E-state index in [0.29, 0.717) is 13.2 Å². The molecule has 0 atom stereocenters. The lowest BCUT2D eigenvalue weighted by atomic mass is 9.53. The fourth-order valence-electron chi connectivity index (χ4n) is 5.36. The molecule has 37 heavy (non-hydrogen) atoms. The van der Waals surface area contributed by atoms with Crippen molar-refractivity contribution in [1.82, 2.24) is 0 Å². The third-order valence-electron chi connectivity index (χ3n) is 7.01. The van der Waals surface area contributed by atoms with Crippen LogP contribution in [-0.4, -0.2) is 20.1 Å². The number of fused-ring (bicyclic) bond motifs is 2. The van der Waals surface area contributed by atoms with Crippen LogP contribution in [0.4, 0.5) is 0 Å². The average molecular weight is 477 g/mol. The van der Waals surface area contributed by atoms with Crippen LogP contribution in [-0.2, 0) is 4.65 Å². The van der Waals surface area contributed by atoms with E-state index >= 15 is 0 Å². The second-order valence-electron chi connectivity index (χ2n) is 9.28. The minimum absolute atomic E-state index is 0.244. The van der Waals surface area contributed by atoms with Gasteiger partial charge in [0.15, 0.2) is 0 Å². The first-order valence-corrected chi connectivity index (χ1v) is 12.8. The zero-order chi connectivity index (χ0) is 25.0. The summed E-state index contributed by atoms with van der Waals surface area (Å²) in [7, 11) is 0. The molecule has 0 saturated heterocycles. The van der Waals surface area contributed by atoms with Gasteiger partial charge in [-0.15, -0.1) is 0 Å². The number of rotatable bonds is 7. The standard InChI is InChI=1S/C34H28BNO/c36-23-24-37-35(28-15-5-2-6-16-28)32-22-20-27-14-8-10-18-30(27)34(32)33-29-17-9-7-13-26(29)19-21-31(33)25-11-3-1-4-12-25/h1-22H,23-24,36H2. The van der Waals surface area contributed by atoms with Crippen LogP contribution in [0, 0.1) is 0 Å². The van der Waals surface area contributed by atoms with Gasteiger partial charge >= 0.3 is 6.92 Å². The fourth-order valence-corrected chi connectivity index (χ4v) is 5.36. The van der Waals surface area contributed by atoms with E-state index in [1.807, 2.05) is 6.07 Å². The van der Waals surface area contributed by atoms with Crippen LogP contribution in [0.15, 0.2) is 133 Å². The van der Waals surface area contributed by atoms with Gasteiger partial charge in [-0.3, -0.25) is 0 Å². The molecule has 178 valence electrons. The molecule has 0 unspecified atom stereocenters. The summed E-state index contributed by atoms with van der Waals surface area (Å²) in [6.45, 7) is 0.704. The van der Waals surface area contributed by atoms with Crippen molar-refractivity contribution in [2.45, 2.75) is 0 Å². The van der Waals surface area contributed by atoms with Crippen molar-refractivity contribution >= 4 is 39.4 Å². The highest BCUT2D eigenvalue weighted by atomic mass is 16.4. The average Bonchev–Trinajstić information content (AvgIpc) is 2.97. The van der Waals surface area contributed by atoms with Crippen LogP contribution in [0.1, 0.15) is 0 Å². The molecule has 2 nitrogen and oxygen atoms in total. The SMILES string of the molecule is NCCOB(c1ccccc1)c1ccc2ccccc2c1-c1c(-c2ccccc2)ccc2ccccc12. The minimum Gasteiger partial charge on any atom is -0.426 e. The van der Waals surface area contributed by atoms with Gasteiger partial charge in [0.05, 0.1) is 0 Å². The molecule has 0 aliphatic rings. The Morgan fingerprint density at radius 3 is 1.78 bits per heavy atom. The third kappa shape index (κ3) is 4.44. The predicted molar refractivity (Wildman–Crippen MR) is 159 cm³/mol. The van der Waals surface area contributed by atoms with E-state index in [1.54, 1.807) is 0 Å². The molecule has 0 bridgehead atoms. The Labute approximate surface area is 218 Å². The summed E-state index contributed by atoms with van der Waals surface area (Å²) >= 11 is 0. The quantitative estimate of drug-likeness (QED) is 0.270. The zero-order valence-corrected chi connectivity index (χ0v) is 20.7. The first kappa shape index (κ1) is 23.2. The number of nitrogens with two attached hydrogens (primary N) is 1. The lowest BCUT2D eigenvalue weighted by Crippen LogP contribution is -2.46. The lowest BCUT2D eigenvalue weighted by Gasteiger charge is -2.23. The summed E-state index contributed by atoms with van der Waals surface area (Å²) in [5.74, 6) is 0. The minimum atomic E-state index is -0.244.